The molecule has 0 aliphatic carbocycles. The fourth-order valence-electron chi connectivity index (χ4n) is 0.678. The predicted molar refractivity (Wildman–Crippen MR) is 37.2 cm³/mol. The average Bonchev–Trinajstić information content (AvgIpc) is 1.85. The first-order valence-electron chi connectivity index (χ1n) is 2.79. The molecule has 0 atom stereocenters. The number of rotatable bonds is 1. The van der Waals surface area contributed by atoms with Crippen molar-refractivity contribution < 1.29 is 19.7 Å². The molecule has 1 aliphatic heterocycles. The van der Waals surface area contributed by atoms with Gasteiger partial charge in [0.05, 0.1) is 10.5 Å². The molecule has 0 spiro atoms. The molecule has 0 aromatic carbocycles. The lowest BCUT2D eigenvalue weighted by Crippen LogP contribution is -2.38. The first-order valence-corrected chi connectivity index (χ1v) is 3.17. The summed E-state index contributed by atoms with van der Waals surface area (Å²) in [7, 11) is -1.86. The highest BCUT2D eigenvalue weighted by molar-refractivity contribution is 6.61. The summed E-state index contributed by atoms with van der Waals surface area (Å²) >= 11 is 5.45. The summed E-state index contributed by atoms with van der Waals surface area (Å²) in [6.07, 6.45) is 0. The van der Waals surface area contributed by atoms with Crippen molar-refractivity contribution in [3.8, 4) is 0 Å². The highest BCUT2D eigenvalue weighted by Gasteiger charge is 2.29. The Morgan fingerprint density at radius 3 is 2.64 bits per heavy atom. The smallest absolute Gasteiger partial charge is 0.423 e. The van der Waals surface area contributed by atoms with Crippen LogP contribution in [0, 0.1) is 0 Å². The molecule has 3 N–H and O–H groups in total. The molecule has 0 saturated carbocycles. The van der Waals surface area contributed by atoms with E-state index in [1.165, 1.54) is 0 Å². The zero-order valence-electron chi connectivity index (χ0n) is 5.37. The van der Waals surface area contributed by atoms with E-state index in [9.17, 15) is 4.79 Å². The maximum atomic E-state index is 10.7. The van der Waals surface area contributed by atoms with Gasteiger partial charge in [0.25, 0.3) is 5.91 Å². The Bertz CT molecular complexity index is 216. The minimum atomic E-state index is -1.86. The van der Waals surface area contributed by atoms with Crippen molar-refractivity contribution in [2.24, 2.45) is 0 Å². The van der Waals surface area contributed by atoms with Gasteiger partial charge in [-0.05, 0) is 0 Å². The van der Waals surface area contributed by atoms with Gasteiger partial charge in [-0.15, -0.1) is 0 Å². The third kappa shape index (κ3) is 1.72. The largest absolute Gasteiger partial charge is 0.495 e. The molecule has 0 bridgehead atoms. The monoisotopic (exact) mass is 177 g/mol. The SMILES string of the molecule is O=C1NOCC(Cl)=C1B(O)O. The molecule has 1 amide bonds. The number of carbonyl (C=O) groups excluding carboxylic acids is 1. The number of halogens is 1. The lowest BCUT2D eigenvalue weighted by Gasteiger charge is -2.15. The molecule has 11 heavy (non-hydrogen) atoms. The number of hydrogen-bond acceptors (Lipinski definition) is 4. The van der Waals surface area contributed by atoms with Crippen molar-refractivity contribution in [3.63, 3.8) is 0 Å². The Labute approximate surface area is 67.7 Å². The van der Waals surface area contributed by atoms with Crippen molar-refractivity contribution in [1.82, 2.24) is 5.48 Å². The number of carbonyl (C=O) groups is 1. The Morgan fingerprint density at radius 1 is 1.64 bits per heavy atom. The molecule has 7 heteroatoms. The van der Waals surface area contributed by atoms with E-state index in [0.29, 0.717) is 0 Å². The number of amides is 1. The number of nitrogens with one attached hydrogen (secondary N) is 1. The first kappa shape index (κ1) is 8.54. The van der Waals surface area contributed by atoms with E-state index in [1.807, 2.05) is 5.48 Å². The van der Waals surface area contributed by atoms with Crippen molar-refractivity contribution in [2.75, 3.05) is 6.61 Å². The number of hydroxylamine groups is 1. The lowest BCUT2D eigenvalue weighted by molar-refractivity contribution is -0.129. The lowest BCUT2D eigenvalue weighted by atomic mass is 9.78. The van der Waals surface area contributed by atoms with Gasteiger partial charge in [-0.3, -0.25) is 9.63 Å². The van der Waals surface area contributed by atoms with Crippen LogP contribution >= 0.6 is 11.6 Å². The summed E-state index contributed by atoms with van der Waals surface area (Å²) in [5.74, 6) is -0.726. The molecule has 1 rings (SSSR count). The minimum Gasteiger partial charge on any atom is -0.423 e. The zero-order chi connectivity index (χ0) is 8.43. The fourth-order valence-corrected chi connectivity index (χ4v) is 0.916. The third-order valence-electron chi connectivity index (χ3n) is 1.16. The fraction of sp³-hybridized carbons (Fsp3) is 0.250. The molecule has 0 aromatic heterocycles. The van der Waals surface area contributed by atoms with Gasteiger partial charge in [0.1, 0.15) is 6.61 Å². The van der Waals surface area contributed by atoms with Gasteiger partial charge in [-0.2, -0.15) is 0 Å². The van der Waals surface area contributed by atoms with Crippen LogP contribution in [-0.2, 0) is 9.63 Å². The van der Waals surface area contributed by atoms with E-state index in [1.54, 1.807) is 0 Å². The van der Waals surface area contributed by atoms with Gasteiger partial charge >= 0.3 is 7.12 Å². The Kier molecular flexibility index (Phi) is 2.51. The van der Waals surface area contributed by atoms with Crippen LogP contribution in [-0.4, -0.2) is 29.7 Å². The summed E-state index contributed by atoms with van der Waals surface area (Å²) in [5, 5.41) is 17.2. The predicted octanol–water partition coefficient (Wildman–Crippen LogP) is -1.45. The van der Waals surface area contributed by atoms with Crippen molar-refractivity contribution in [1.29, 1.82) is 0 Å². The Morgan fingerprint density at radius 2 is 2.27 bits per heavy atom. The van der Waals surface area contributed by atoms with E-state index in [0.717, 1.165) is 0 Å². The average molecular weight is 177 g/mol. The second-order valence-corrected chi connectivity index (χ2v) is 2.37. The van der Waals surface area contributed by atoms with E-state index in [2.05, 4.69) is 4.84 Å². The second kappa shape index (κ2) is 3.23. The van der Waals surface area contributed by atoms with Crippen LogP contribution in [0.3, 0.4) is 0 Å². The summed E-state index contributed by atoms with van der Waals surface area (Å²) in [6.45, 7) is -0.0414. The Hall–Kier alpha value is -0.555. The third-order valence-corrected chi connectivity index (χ3v) is 1.47. The van der Waals surface area contributed by atoms with E-state index < -0.39 is 13.0 Å². The van der Waals surface area contributed by atoms with Crippen LogP contribution < -0.4 is 5.48 Å². The van der Waals surface area contributed by atoms with Gasteiger partial charge in [0.2, 0.25) is 0 Å². The molecule has 5 nitrogen and oxygen atoms in total. The quantitative estimate of drug-likeness (QED) is 0.428. The summed E-state index contributed by atoms with van der Waals surface area (Å²) in [5.41, 5.74) is 1.68. The van der Waals surface area contributed by atoms with Gasteiger partial charge in [-0.1, -0.05) is 11.6 Å². The van der Waals surface area contributed by atoms with Crippen LogP contribution in [0.2, 0.25) is 0 Å². The second-order valence-electron chi connectivity index (χ2n) is 1.91. The first-order chi connectivity index (χ1) is 5.13. The zero-order valence-corrected chi connectivity index (χ0v) is 6.13. The van der Waals surface area contributed by atoms with Crippen LogP contribution in [0.5, 0.6) is 0 Å². The van der Waals surface area contributed by atoms with Gasteiger partial charge in [-0.25, -0.2) is 5.48 Å². The molecule has 1 heterocycles. The van der Waals surface area contributed by atoms with Crippen molar-refractivity contribution >= 4 is 24.6 Å². The van der Waals surface area contributed by atoms with E-state index in [4.69, 9.17) is 21.6 Å². The van der Waals surface area contributed by atoms with Gasteiger partial charge in [0.15, 0.2) is 0 Å². The maximum Gasteiger partial charge on any atom is 0.495 e. The minimum absolute atomic E-state index is 0.00347. The van der Waals surface area contributed by atoms with E-state index >= 15 is 0 Å². The molecular formula is C4H5BClNO4. The Balaban J connectivity index is 2.91. The van der Waals surface area contributed by atoms with Crippen LogP contribution in [0.4, 0.5) is 0 Å². The molecule has 0 radical (unpaired) electrons. The van der Waals surface area contributed by atoms with Gasteiger partial charge < -0.3 is 10.0 Å². The maximum absolute atomic E-state index is 10.7. The molecular weight excluding hydrogens is 172 g/mol. The van der Waals surface area contributed by atoms with E-state index in [-0.39, 0.29) is 17.1 Å². The summed E-state index contributed by atoms with van der Waals surface area (Å²) < 4.78 is 0. The van der Waals surface area contributed by atoms with Crippen LogP contribution in [0.25, 0.3) is 0 Å². The molecule has 0 fully saturated rings. The molecule has 0 aromatic rings. The molecule has 0 saturated heterocycles. The van der Waals surface area contributed by atoms with Gasteiger partial charge in [0, 0.05) is 0 Å². The highest BCUT2D eigenvalue weighted by atomic mass is 35.5. The van der Waals surface area contributed by atoms with Crippen molar-refractivity contribution in [2.45, 2.75) is 0 Å². The standard InChI is InChI=1S/C4H5BClNO4/c6-2-1-11-7-4(8)3(2)5(9)10/h9-10H,1H2,(H,7,8). The molecule has 0 unspecified atom stereocenters. The highest BCUT2D eigenvalue weighted by Crippen LogP contribution is 2.14. The van der Waals surface area contributed by atoms with Crippen molar-refractivity contribution in [3.05, 3.63) is 10.5 Å². The molecule has 60 valence electrons. The normalized spacial score (nSPS) is 18.3. The summed E-state index contributed by atoms with van der Waals surface area (Å²) in [4.78, 5) is 15.2. The van der Waals surface area contributed by atoms with Crippen LogP contribution in [0.1, 0.15) is 0 Å². The number of hydrogen-bond donors (Lipinski definition) is 3. The molecule has 1 aliphatic rings. The summed E-state index contributed by atoms with van der Waals surface area (Å²) in [6, 6.07) is 0. The van der Waals surface area contributed by atoms with Crippen LogP contribution in [0.15, 0.2) is 10.5 Å². The topological polar surface area (TPSA) is 78.8 Å².